The molecule has 0 bridgehead atoms. The van der Waals surface area contributed by atoms with Crippen molar-refractivity contribution in [2.24, 2.45) is 10.9 Å². The predicted molar refractivity (Wildman–Crippen MR) is 48.7 cm³/mol. The lowest BCUT2D eigenvalue weighted by molar-refractivity contribution is -0.119. The van der Waals surface area contributed by atoms with Gasteiger partial charge in [-0.15, -0.1) is 0 Å². The van der Waals surface area contributed by atoms with E-state index in [1.807, 2.05) is 0 Å². The number of hydrazone groups is 1. The van der Waals surface area contributed by atoms with Crippen LogP contribution in [0.25, 0.3) is 0 Å². The summed E-state index contributed by atoms with van der Waals surface area (Å²) in [4.78, 5) is 21.4. The minimum absolute atomic E-state index is 0.0749. The van der Waals surface area contributed by atoms with E-state index in [1.165, 1.54) is 6.92 Å². The van der Waals surface area contributed by atoms with E-state index in [9.17, 15) is 9.59 Å². The van der Waals surface area contributed by atoms with Crippen molar-refractivity contribution in [3.8, 4) is 0 Å². The van der Waals surface area contributed by atoms with Gasteiger partial charge in [-0.3, -0.25) is 20.9 Å². The molecule has 0 aromatic carbocycles. The van der Waals surface area contributed by atoms with E-state index in [4.69, 9.17) is 5.84 Å². The molecule has 0 aliphatic carbocycles. The molecule has 0 aromatic rings. The van der Waals surface area contributed by atoms with Gasteiger partial charge in [-0.1, -0.05) is 0 Å². The number of nitrogens with two attached hydrogens (primary N) is 1. The lowest BCUT2D eigenvalue weighted by atomic mass is 10.2. The Morgan fingerprint density at radius 1 is 1.38 bits per heavy atom. The van der Waals surface area contributed by atoms with Crippen LogP contribution in [-0.4, -0.2) is 23.9 Å². The Hall–Kier alpha value is -1.27. The molecule has 13 heavy (non-hydrogen) atoms. The molecule has 0 fully saturated rings. The number of hydrazine groups is 1. The minimum Gasteiger partial charge on any atom is -0.298 e. The first kappa shape index (κ1) is 11.7. The second-order valence-corrected chi connectivity index (χ2v) is 2.61. The molecule has 6 heteroatoms. The monoisotopic (exact) mass is 186 g/mol. The van der Waals surface area contributed by atoms with Gasteiger partial charge in [0.1, 0.15) is 0 Å². The summed E-state index contributed by atoms with van der Waals surface area (Å²) in [6.45, 7) is 3.11. The number of carbonyl (C=O) groups excluding carboxylic acids is 2. The lowest BCUT2D eigenvalue weighted by Crippen LogP contribution is -2.30. The van der Waals surface area contributed by atoms with Gasteiger partial charge in [0.25, 0.3) is 0 Å². The first-order chi connectivity index (χ1) is 6.06. The number of amides is 1. The van der Waals surface area contributed by atoms with Crippen LogP contribution >= 0.6 is 0 Å². The molecule has 0 radical (unpaired) electrons. The second-order valence-electron chi connectivity index (χ2n) is 2.61. The van der Waals surface area contributed by atoms with Crippen LogP contribution in [-0.2, 0) is 9.59 Å². The first-order valence-corrected chi connectivity index (χ1v) is 3.81. The normalized spacial score (nSPS) is 11.2. The van der Waals surface area contributed by atoms with E-state index in [1.54, 1.807) is 6.92 Å². The molecule has 1 amide bonds. The van der Waals surface area contributed by atoms with Crippen molar-refractivity contribution in [1.82, 2.24) is 10.9 Å². The quantitative estimate of drug-likeness (QED) is 0.289. The van der Waals surface area contributed by atoms with Crippen molar-refractivity contribution in [3.05, 3.63) is 0 Å². The average Bonchev–Trinajstić information content (AvgIpc) is 2.01. The Balaban J connectivity index is 3.84. The van der Waals surface area contributed by atoms with Crippen LogP contribution in [0.15, 0.2) is 5.10 Å². The van der Waals surface area contributed by atoms with Gasteiger partial charge in [0, 0.05) is 19.1 Å². The SMILES string of the molecule is CC(=O)NN=C(C)CC(=O)CNN. The highest BCUT2D eigenvalue weighted by atomic mass is 16.2. The van der Waals surface area contributed by atoms with Crippen LogP contribution in [0.4, 0.5) is 0 Å². The predicted octanol–water partition coefficient (Wildman–Crippen LogP) is -1.08. The topological polar surface area (TPSA) is 96.6 Å². The van der Waals surface area contributed by atoms with Crippen molar-refractivity contribution in [2.45, 2.75) is 20.3 Å². The maximum Gasteiger partial charge on any atom is 0.236 e. The van der Waals surface area contributed by atoms with Gasteiger partial charge in [0.2, 0.25) is 5.91 Å². The summed E-state index contributed by atoms with van der Waals surface area (Å²) in [5.41, 5.74) is 5.04. The first-order valence-electron chi connectivity index (χ1n) is 3.81. The van der Waals surface area contributed by atoms with Crippen molar-refractivity contribution in [2.75, 3.05) is 6.54 Å². The number of nitrogens with one attached hydrogen (secondary N) is 2. The molecule has 0 aliphatic heterocycles. The van der Waals surface area contributed by atoms with Gasteiger partial charge >= 0.3 is 0 Å². The lowest BCUT2D eigenvalue weighted by Gasteiger charge is -1.99. The van der Waals surface area contributed by atoms with Gasteiger partial charge in [0.05, 0.1) is 6.54 Å². The zero-order chi connectivity index (χ0) is 10.3. The molecule has 0 spiro atoms. The van der Waals surface area contributed by atoms with Crippen LogP contribution in [0, 0.1) is 0 Å². The van der Waals surface area contributed by atoms with Gasteiger partial charge < -0.3 is 0 Å². The number of hydrogen-bond donors (Lipinski definition) is 3. The summed E-state index contributed by atoms with van der Waals surface area (Å²) in [5.74, 6) is 4.61. The molecule has 6 nitrogen and oxygen atoms in total. The highest BCUT2D eigenvalue weighted by Crippen LogP contribution is 1.86. The number of carbonyl (C=O) groups is 2. The standard InChI is InChI=1S/C7H14N4O2/c1-5(10-11-6(2)12)3-7(13)4-9-8/h9H,3-4,8H2,1-2H3,(H,11,12). The molecule has 0 atom stereocenters. The molecule has 0 aromatic heterocycles. The van der Waals surface area contributed by atoms with Crippen molar-refractivity contribution in [1.29, 1.82) is 0 Å². The molecular formula is C7H14N4O2. The van der Waals surface area contributed by atoms with Gasteiger partial charge in [-0.2, -0.15) is 5.10 Å². The highest BCUT2D eigenvalue weighted by Gasteiger charge is 2.02. The number of nitrogens with zero attached hydrogens (tertiary/aromatic N) is 1. The summed E-state index contributed by atoms with van der Waals surface area (Å²) in [7, 11) is 0. The molecule has 0 heterocycles. The zero-order valence-electron chi connectivity index (χ0n) is 7.76. The third-order valence-electron chi connectivity index (χ3n) is 1.16. The van der Waals surface area contributed by atoms with Crippen molar-refractivity contribution < 1.29 is 9.59 Å². The fourth-order valence-corrected chi connectivity index (χ4v) is 0.675. The third-order valence-corrected chi connectivity index (χ3v) is 1.16. The molecule has 0 unspecified atom stereocenters. The fraction of sp³-hybridized carbons (Fsp3) is 0.571. The Morgan fingerprint density at radius 2 is 2.00 bits per heavy atom. The number of ketones is 1. The Kier molecular flexibility index (Phi) is 5.66. The Labute approximate surface area is 76.5 Å². The molecule has 0 saturated carbocycles. The maximum absolute atomic E-state index is 11.0. The highest BCUT2D eigenvalue weighted by molar-refractivity contribution is 6.01. The summed E-state index contributed by atoms with van der Waals surface area (Å²) in [6.07, 6.45) is 0.185. The second kappa shape index (κ2) is 6.27. The van der Waals surface area contributed by atoms with Crippen LogP contribution < -0.4 is 16.7 Å². The summed E-state index contributed by atoms with van der Waals surface area (Å²) >= 11 is 0. The minimum atomic E-state index is -0.260. The summed E-state index contributed by atoms with van der Waals surface area (Å²) < 4.78 is 0. The van der Waals surface area contributed by atoms with Gasteiger partial charge in [0.15, 0.2) is 5.78 Å². The van der Waals surface area contributed by atoms with E-state index < -0.39 is 0 Å². The third kappa shape index (κ3) is 7.10. The maximum atomic E-state index is 11.0. The van der Waals surface area contributed by atoms with Crippen LogP contribution in [0.5, 0.6) is 0 Å². The Bertz CT molecular complexity index is 225. The average molecular weight is 186 g/mol. The van der Waals surface area contributed by atoms with E-state index in [2.05, 4.69) is 16.0 Å². The van der Waals surface area contributed by atoms with Crippen LogP contribution in [0.3, 0.4) is 0 Å². The number of rotatable bonds is 5. The molecule has 0 rings (SSSR count). The number of hydrogen-bond acceptors (Lipinski definition) is 5. The smallest absolute Gasteiger partial charge is 0.236 e. The van der Waals surface area contributed by atoms with Crippen molar-refractivity contribution >= 4 is 17.4 Å². The summed E-state index contributed by atoms with van der Waals surface area (Å²) in [5, 5.41) is 3.67. The number of Topliss-reactive ketones (excluding diaryl/α,β-unsaturated/α-hetero) is 1. The van der Waals surface area contributed by atoms with E-state index >= 15 is 0 Å². The molecule has 74 valence electrons. The van der Waals surface area contributed by atoms with Gasteiger partial charge in [-0.05, 0) is 6.92 Å². The van der Waals surface area contributed by atoms with E-state index in [0.717, 1.165) is 0 Å². The molecular weight excluding hydrogens is 172 g/mol. The van der Waals surface area contributed by atoms with Crippen LogP contribution in [0.1, 0.15) is 20.3 Å². The molecule has 4 N–H and O–H groups in total. The summed E-state index contributed by atoms with van der Waals surface area (Å²) in [6, 6.07) is 0. The van der Waals surface area contributed by atoms with Crippen LogP contribution in [0.2, 0.25) is 0 Å². The zero-order valence-corrected chi connectivity index (χ0v) is 7.76. The molecule has 0 saturated heterocycles. The fourth-order valence-electron chi connectivity index (χ4n) is 0.675. The van der Waals surface area contributed by atoms with E-state index in [0.29, 0.717) is 5.71 Å². The van der Waals surface area contributed by atoms with Gasteiger partial charge in [-0.25, -0.2) is 5.43 Å². The molecule has 0 aliphatic rings. The van der Waals surface area contributed by atoms with Crippen molar-refractivity contribution in [3.63, 3.8) is 0 Å². The largest absolute Gasteiger partial charge is 0.298 e. The Morgan fingerprint density at radius 3 is 2.46 bits per heavy atom. The van der Waals surface area contributed by atoms with E-state index in [-0.39, 0.29) is 24.7 Å².